The van der Waals surface area contributed by atoms with E-state index in [1.54, 1.807) is 0 Å². The summed E-state index contributed by atoms with van der Waals surface area (Å²) in [5, 5.41) is 0. The Hall–Kier alpha value is -1.06. The molecular weight excluding hydrogens is 312 g/mol. The van der Waals surface area contributed by atoms with Crippen molar-refractivity contribution in [1.29, 1.82) is 0 Å². The molecule has 0 aromatic heterocycles. The second-order valence-corrected chi connectivity index (χ2v) is 9.57. The molecule has 138 valence electrons. The zero-order valence-electron chi connectivity index (χ0n) is 15.4. The molecule has 25 heavy (non-hydrogen) atoms. The van der Waals surface area contributed by atoms with E-state index in [0.29, 0.717) is 35.5 Å². The van der Waals surface area contributed by atoms with Crippen molar-refractivity contribution >= 4 is 11.8 Å². The lowest BCUT2D eigenvalue weighted by molar-refractivity contribution is -0.139. The van der Waals surface area contributed by atoms with Crippen LogP contribution in [0.3, 0.4) is 0 Å². The third-order valence-electron chi connectivity index (χ3n) is 8.23. The van der Waals surface area contributed by atoms with Crippen molar-refractivity contribution < 1.29 is 9.59 Å². The van der Waals surface area contributed by atoms with Crippen LogP contribution in [-0.4, -0.2) is 47.8 Å². The molecule has 0 N–H and O–H groups in total. The van der Waals surface area contributed by atoms with Gasteiger partial charge in [0.2, 0.25) is 11.8 Å². The smallest absolute Gasteiger partial charge is 0.226 e. The van der Waals surface area contributed by atoms with E-state index >= 15 is 0 Å². The second-order valence-electron chi connectivity index (χ2n) is 9.57. The lowest BCUT2D eigenvalue weighted by atomic mass is 9.87. The van der Waals surface area contributed by atoms with E-state index in [9.17, 15) is 9.59 Å². The van der Waals surface area contributed by atoms with Crippen molar-refractivity contribution in [3.05, 3.63) is 0 Å². The monoisotopic (exact) mass is 344 g/mol. The first-order chi connectivity index (χ1) is 12.2. The first-order valence-corrected chi connectivity index (χ1v) is 10.8. The quantitative estimate of drug-likeness (QED) is 0.773. The summed E-state index contributed by atoms with van der Waals surface area (Å²) in [4.78, 5) is 30.2. The molecule has 0 spiro atoms. The summed E-state index contributed by atoms with van der Waals surface area (Å²) in [6.07, 6.45) is 11.0. The molecule has 4 heteroatoms. The molecule has 4 nitrogen and oxygen atoms in total. The fourth-order valence-corrected chi connectivity index (χ4v) is 6.92. The average Bonchev–Trinajstić information content (AvgIpc) is 3.39. The van der Waals surface area contributed by atoms with Gasteiger partial charge in [-0.25, -0.2) is 0 Å². The Kier molecular flexibility index (Phi) is 4.05. The summed E-state index contributed by atoms with van der Waals surface area (Å²) in [5.74, 6) is 4.37. The summed E-state index contributed by atoms with van der Waals surface area (Å²) in [6.45, 7) is 3.24. The molecule has 4 aliphatic carbocycles. The number of carbonyl (C=O) groups is 2. The predicted octanol–water partition coefficient (Wildman–Crippen LogP) is 2.92. The SMILES string of the molecule is O=C([C@H]1C[C@H]2CC[C@@H]1C2)N1CCCN(C(=O)[C@@H]2C[C@@H]3CC[C@@H]2C3)CC1. The van der Waals surface area contributed by atoms with E-state index in [1.165, 1.54) is 38.5 Å². The molecule has 5 rings (SSSR count). The van der Waals surface area contributed by atoms with Gasteiger partial charge in [-0.2, -0.15) is 0 Å². The Balaban J connectivity index is 1.19. The highest BCUT2D eigenvalue weighted by molar-refractivity contribution is 5.81. The maximum absolute atomic E-state index is 13.0. The molecule has 1 heterocycles. The van der Waals surface area contributed by atoms with Gasteiger partial charge in [-0.05, 0) is 68.6 Å². The van der Waals surface area contributed by atoms with Crippen LogP contribution in [0.25, 0.3) is 0 Å². The van der Waals surface area contributed by atoms with Crippen molar-refractivity contribution in [2.75, 3.05) is 26.2 Å². The van der Waals surface area contributed by atoms with Crippen LogP contribution < -0.4 is 0 Å². The summed E-state index contributed by atoms with van der Waals surface area (Å²) in [6, 6.07) is 0. The lowest BCUT2D eigenvalue weighted by Gasteiger charge is -2.30. The van der Waals surface area contributed by atoms with Crippen molar-refractivity contribution in [3.8, 4) is 0 Å². The summed E-state index contributed by atoms with van der Waals surface area (Å²) in [5.41, 5.74) is 0. The molecule has 4 saturated carbocycles. The second kappa shape index (κ2) is 6.28. The topological polar surface area (TPSA) is 40.6 Å². The van der Waals surface area contributed by atoms with Crippen molar-refractivity contribution in [2.45, 2.75) is 57.8 Å². The van der Waals surface area contributed by atoms with Crippen LogP contribution in [0.1, 0.15) is 57.8 Å². The van der Waals surface area contributed by atoms with E-state index in [0.717, 1.165) is 57.3 Å². The van der Waals surface area contributed by atoms with Gasteiger partial charge in [0.25, 0.3) is 0 Å². The van der Waals surface area contributed by atoms with Gasteiger partial charge in [-0.1, -0.05) is 12.8 Å². The van der Waals surface area contributed by atoms with E-state index in [4.69, 9.17) is 0 Å². The minimum absolute atomic E-state index is 0.298. The van der Waals surface area contributed by atoms with E-state index in [1.807, 2.05) is 0 Å². The summed E-state index contributed by atoms with van der Waals surface area (Å²) in [7, 11) is 0. The molecule has 0 aromatic carbocycles. The summed E-state index contributed by atoms with van der Waals surface area (Å²) < 4.78 is 0. The number of nitrogens with zero attached hydrogens (tertiary/aromatic N) is 2. The maximum Gasteiger partial charge on any atom is 0.226 e. The standard InChI is InChI=1S/C21H32N2O2/c24-20(18-12-14-2-4-16(18)10-14)22-6-1-7-23(9-8-22)21(25)19-13-15-3-5-17(19)11-15/h14-19H,1-13H2/t14-,15+,16-,17-,18-,19+/m1/s1. The lowest BCUT2D eigenvalue weighted by Crippen LogP contribution is -2.43. The van der Waals surface area contributed by atoms with Gasteiger partial charge >= 0.3 is 0 Å². The van der Waals surface area contributed by atoms with Crippen LogP contribution in [-0.2, 0) is 9.59 Å². The van der Waals surface area contributed by atoms with Crippen LogP contribution >= 0.6 is 0 Å². The first-order valence-electron chi connectivity index (χ1n) is 10.8. The first kappa shape index (κ1) is 16.1. The highest BCUT2D eigenvalue weighted by Gasteiger charge is 2.46. The average molecular weight is 344 g/mol. The Morgan fingerprint density at radius 2 is 1.08 bits per heavy atom. The van der Waals surface area contributed by atoms with Crippen LogP contribution in [0, 0.1) is 35.5 Å². The van der Waals surface area contributed by atoms with E-state index < -0.39 is 0 Å². The molecule has 5 fully saturated rings. The Morgan fingerprint density at radius 1 is 0.600 bits per heavy atom. The largest absolute Gasteiger partial charge is 0.341 e. The third-order valence-corrected chi connectivity index (χ3v) is 8.23. The molecule has 5 aliphatic rings. The molecule has 0 radical (unpaired) electrons. The highest BCUT2D eigenvalue weighted by Crippen LogP contribution is 2.50. The molecule has 0 aromatic rings. The molecular formula is C21H32N2O2. The van der Waals surface area contributed by atoms with E-state index in [2.05, 4.69) is 9.80 Å². The van der Waals surface area contributed by atoms with Gasteiger partial charge in [-0.3, -0.25) is 9.59 Å². The van der Waals surface area contributed by atoms with Crippen molar-refractivity contribution in [2.24, 2.45) is 35.5 Å². The summed E-state index contributed by atoms with van der Waals surface area (Å²) >= 11 is 0. The minimum atomic E-state index is 0.298. The molecule has 6 atom stereocenters. The molecule has 2 amide bonds. The normalized spacial score (nSPS) is 42.9. The van der Waals surface area contributed by atoms with Gasteiger partial charge < -0.3 is 9.80 Å². The number of rotatable bonds is 2. The molecule has 0 unspecified atom stereocenters. The Morgan fingerprint density at radius 3 is 1.44 bits per heavy atom. The zero-order chi connectivity index (χ0) is 17.0. The van der Waals surface area contributed by atoms with Gasteiger partial charge in [0.05, 0.1) is 0 Å². The highest BCUT2D eigenvalue weighted by atomic mass is 16.2. The van der Waals surface area contributed by atoms with Crippen LogP contribution in [0.5, 0.6) is 0 Å². The van der Waals surface area contributed by atoms with Gasteiger partial charge in [0.15, 0.2) is 0 Å². The van der Waals surface area contributed by atoms with Gasteiger partial charge in [0.1, 0.15) is 0 Å². The van der Waals surface area contributed by atoms with Gasteiger partial charge in [-0.15, -0.1) is 0 Å². The van der Waals surface area contributed by atoms with Gasteiger partial charge in [0, 0.05) is 38.0 Å². The fraction of sp³-hybridized carbons (Fsp3) is 0.905. The predicted molar refractivity (Wildman–Crippen MR) is 95.7 cm³/mol. The molecule has 1 saturated heterocycles. The van der Waals surface area contributed by atoms with Crippen LogP contribution in [0.2, 0.25) is 0 Å². The molecule has 4 bridgehead atoms. The number of carbonyl (C=O) groups excluding carboxylic acids is 2. The zero-order valence-corrected chi connectivity index (χ0v) is 15.4. The molecule has 1 aliphatic heterocycles. The minimum Gasteiger partial charge on any atom is -0.341 e. The Labute approximate surface area is 151 Å². The third kappa shape index (κ3) is 2.80. The van der Waals surface area contributed by atoms with Crippen molar-refractivity contribution in [1.82, 2.24) is 9.80 Å². The van der Waals surface area contributed by atoms with Crippen LogP contribution in [0.4, 0.5) is 0 Å². The number of hydrogen-bond acceptors (Lipinski definition) is 2. The maximum atomic E-state index is 13.0. The number of amides is 2. The Bertz CT molecular complexity index is 514. The van der Waals surface area contributed by atoms with E-state index in [-0.39, 0.29) is 0 Å². The number of hydrogen-bond donors (Lipinski definition) is 0. The fourth-order valence-electron chi connectivity index (χ4n) is 6.92. The van der Waals surface area contributed by atoms with Crippen LogP contribution in [0.15, 0.2) is 0 Å². The number of fused-ring (bicyclic) bond motifs is 4. The van der Waals surface area contributed by atoms with Crippen molar-refractivity contribution in [3.63, 3.8) is 0 Å².